The van der Waals surface area contributed by atoms with E-state index >= 15 is 0 Å². The molecule has 1 fully saturated rings. The fourth-order valence-corrected chi connectivity index (χ4v) is 2.41. The van der Waals surface area contributed by atoms with Gasteiger partial charge in [0.15, 0.2) is 0 Å². The number of benzene rings is 1. The maximum absolute atomic E-state index is 13.1. The molecular formula is C14H21FN2. The Morgan fingerprint density at radius 1 is 1.47 bits per heavy atom. The summed E-state index contributed by atoms with van der Waals surface area (Å²) < 4.78 is 13.1. The molecule has 0 radical (unpaired) electrons. The van der Waals surface area contributed by atoms with Crippen molar-refractivity contribution in [3.05, 3.63) is 35.6 Å². The van der Waals surface area contributed by atoms with E-state index in [9.17, 15) is 4.39 Å². The number of hydrogen-bond acceptors (Lipinski definition) is 2. The summed E-state index contributed by atoms with van der Waals surface area (Å²) >= 11 is 0. The smallest absolute Gasteiger partial charge is 0.123 e. The van der Waals surface area contributed by atoms with Gasteiger partial charge < -0.3 is 5.32 Å². The highest BCUT2D eigenvalue weighted by Crippen LogP contribution is 2.11. The molecule has 1 aliphatic heterocycles. The molecule has 1 aromatic rings. The normalized spacial score (nSPS) is 23.1. The fourth-order valence-electron chi connectivity index (χ4n) is 2.41. The molecule has 1 heterocycles. The first kappa shape index (κ1) is 12.5. The van der Waals surface area contributed by atoms with Crippen molar-refractivity contribution in [3.8, 4) is 0 Å². The van der Waals surface area contributed by atoms with Gasteiger partial charge in [-0.25, -0.2) is 4.39 Å². The zero-order chi connectivity index (χ0) is 12.1. The molecular weight excluding hydrogens is 215 g/mol. The van der Waals surface area contributed by atoms with Crippen molar-refractivity contribution in [3.63, 3.8) is 0 Å². The lowest BCUT2D eigenvalue weighted by Gasteiger charge is -2.28. The van der Waals surface area contributed by atoms with Crippen LogP contribution in [0.1, 0.15) is 18.9 Å². The Morgan fingerprint density at radius 2 is 2.35 bits per heavy atom. The zero-order valence-electron chi connectivity index (χ0n) is 10.5. The lowest BCUT2D eigenvalue weighted by Crippen LogP contribution is -2.38. The maximum atomic E-state index is 13.1. The third kappa shape index (κ3) is 4.10. The molecule has 1 unspecified atom stereocenters. The van der Waals surface area contributed by atoms with Crippen molar-refractivity contribution >= 4 is 0 Å². The van der Waals surface area contributed by atoms with E-state index in [4.69, 9.17) is 0 Å². The Morgan fingerprint density at radius 3 is 3.18 bits per heavy atom. The quantitative estimate of drug-likeness (QED) is 0.847. The van der Waals surface area contributed by atoms with Crippen LogP contribution in [0, 0.1) is 11.7 Å². The molecule has 0 saturated carbocycles. The van der Waals surface area contributed by atoms with Crippen LogP contribution in [-0.4, -0.2) is 31.1 Å². The van der Waals surface area contributed by atoms with Crippen LogP contribution in [0.25, 0.3) is 0 Å². The minimum atomic E-state index is -0.135. The van der Waals surface area contributed by atoms with Crippen molar-refractivity contribution < 1.29 is 4.39 Å². The Kier molecular flexibility index (Phi) is 4.51. The highest BCUT2D eigenvalue weighted by atomic mass is 19.1. The largest absolute Gasteiger partial charge is 0.316 e. The van der Waals surface area contributed by atoms with Gasteiger partial charge in [0.2, 0.25) is 0 Å². The first-order valence-corrected chi connectivity index (χ1v) is 6.41. The SMILES string of the molecule is CC1CNCCCN(Cc2cccc(F)c2)C1. The van der Waals surface area contributed by atoms with Gasteiger partial charge in [0.25, 0.3) is 0 Å². The first-order chi connectivity index (χ1) is 8.24. The van der Waals surface area contributed by atoms with Crippen LogP contribution < -0.4 is 5.32 Å². The molecule has 0 spiro atoms. The summed E-state index contributed by atoms with van der Waals surface area (Å²) in [5.74, 6) is 0.521. The fraction of sp³-hybridized carbons (Fsp3) is 0.571. The van der Waals surface area contributed by atoms with Crippen LogP contribution in [0.5, 0.6) is 0 Å². The zero-order valence-corrected chi connectivity index (χ0v) is 10.5. The van der Waals surface area contributed by atoms with Crippen molar-refractivity contribution in [2.24, 2.45) is 5.92 Å². The second-order valence-electron chi connectivity index (χ2n) is 5.03. The second kappa shape index (κ2) is 6.12. The van der Waals surface area contributed by atoms with Crippen LogP contribution in [-0.2, 0) is 6.54 Å². The standard InChI is InChI=1S/C14H21FN2/c1-12-9-16-6-3-7-17(10-12)11-13-4-2-5-14(15)8-13/h2,4-5,8,12,16H,3,6-7,9-11H2,1H3. The molecule has 1 saturated heterocycles. The van der Waals surface area contributed by atoms with Crippen molar-refractivity contribution in [2.45, 2.75) is 19.9 Å². The summed E-state index contributed by atoms with van der Waals surface area (Å²) in [5, 5.41) is 3.44. The molecule has 1 aliphatic rings. The molecule has 2 rings (SSSR count). The average molecular weight is 236 g/mol. The third-order valence-corrected chi connectivity index (χ3v) is 3.19. The van der Waals surface area contributed by atoms with E-state index in [1.54, 1.807) is 12.1 Å². The molecule has 0 aliphatic carbocycles. The summed E-state index contributed by atoms with van der Waals surface area (Å²) in [4.78, 5) is 2.43. The van der Waals surface area contributed by atoms with Gasteiger partial charge in [-0.15, -0.1) is 0 Å². The predicted molar refractivity (Wildman–Crippen MR) is 68.3 cm³/mol. The number of halogens is 1. The van der Waals surface area contributed by atoms with Crippen LogP contribution in [0.15, 0.2) is 24.3 Å². The Balaban J connectivity index is 1.96. The Labute approximate surface area is 103 Å². The molecule has 17 heavy (non-hydrogen) atoms. The maximum Gasteiger partial charge on any atom is 0.123 e. The van der Waals surface area contributed by atoms with Gasteiger partial charge in [0.05, 0.1) is 0 Å². The monoisotopic (exact) mass is 236 g/mol. The lowest BCUT2D eigenvalue weighted by molar-refractivity contribution is 0.209. The minimum absolute atomic E-state index is 0.135. The molecule has 3 heteroatoms. The number of nitrogens with one attached hydrogen (secondary N) is 1. The topological polar surface area (TPSA) is 15.3 Å². The second-order valence-corrected chi connectivity index (χ2v) is 5.03. The van der Waals surface area contributed by atoms with Crippen molar-refractivity contribution in [1.82, 2.24) is 10.2 Å². The van der Waals surface area contributed by atoms with Gasteiger partial charge in [-0.05, 0) is 49.7 Å². The molecule has 0 amide bonds. The first-order valence-electron chi connectivity index (χ1n) is 6.41. The summed E-state index contributed by atoms with van der Waals surface area (Å²) in [6, 6.07) is 6.94. The van der Waals surface area contributed by atoms with Crippen LogP contribution in [0.3, 0.4) is 0 Å². The highest BCUT2D eigenvalue weighted by molar-refractivity contribution is 5.16. The minimum Gasteiger partial charge on any atom is -0.316 e. The van der Waals surface area contributed by atoms with E-state index in [0.717, 1.165) is 38.3 Å². The van der Waals surface area contributed by atoms with E-state index in [1.165, 1.54) is 12.5 Å². The molecule has 0 bridgehead atoms. The summed E-state index contributed by atoms with van der Waals surface area (Å²) in [7, 11) is 0. The Bertz CT molecular complexity index is 354. The van der Waals surface area contributed by atoms with E-state index in [-0.39, 0.29) is 5.82 Å². The van der Waals surface area contributed by atoms with Gasteiger partial charge in [-0.3, -0.25) is 4.90 Å². The number of hydrogen-bond donors (Lipinski definition) is 1. The van der Waals surface area contributed by atoms with Crippen LogP contribution in [0.4, 0.5) is 4.39 Å². The van der Waals surface area contributed by atoms with Gasteiger partial charge >= 0.3 is 0 Å². The van der Waals surface area contributed by atoms with Crippen LogP contribution in [0.2, 0.25) is 0 Å². The number of rotatable bonds is 2. The molecule has 1 atom stereocenters. The van der Waals surface area contributed by atoms with E-state index < -0.39 is 0 Å². The van der Waals surface area contributed by atoms with E-state index in [2.05, 4.69) is 17.1 Å². The van der Waals surface area contributed by atoms with Gasteiger partial charge in [0.1, 0.15) is 5.82 Å². The summed E-state index contributed by atoms with van der Waals surface area (Å²) in [6.45, 7) is 7.47. The van der Waals surface area contributed by atoms with Crippen LogP contribution >= 0.6 is 0 Å². The molecule has 1 aromatic carbocycles. The predicted octanol–water partition coefficient (Wildman–Crippen LogP) is 2.26. The molecule has 94 valence electrons. The molecule has 1 N–H and O–H groups in total. The number of nitrogens with zero attached hydrogens (tertiary/aromatic N) is 1. The van der Waals surface area contributed by atoms with Gasteiger partial charge in [0, 0.05) is 13.1 Å². The van der Waals surface area contributed by atoms with Crippen molar-refractivity contribution in [2.75, 3.05) is 26.2 Å². The van der Waals surface area contributed by atoms with Crippen molar-refractivity contribution in [1.29, 1.82) is 0 Å². The van der Waals surface area contributed by atoms with E-state index in [0.29, 0.717) is 5.92 Å². The Hall–Kier alpha value is -0.930. The molecule has 2 nitrogen and oxygen atoms in total. The lowest BCUT2D eigenvalue weighted by atomic mass is 10.1. The van der Waals surface area contributed by atoms with Gasteiger partial charge in [-0.1, -0.05) is 19.1 Å². The summed E-state index contributed by atoms with van der Waals surface area (Å²) in [5.41, 5.74) is 1.07. The molecule has 0 aromatic heterocycles. The average Bonchev–Trinajstić information content (AvgIpc) is 2.25. The summed E-state index contributed by atoms with van der Waals surface area (Å²) in [6.07, 6.45) is 1.17. The third-order valence-electron chi connectivity index (χ3n) is 3.19. The van der Waals surface area contributed by atoms with Gasteiger partial charge in [-0.2, -0.15) is 0 Å². The van der Waals surface area contributed by atoms with E-state index in [1.807, 2.05) is 6.07 Å². The highest BCUT2D eigenvalue weighted by Gasteiger charge is 2.13.